The van der Waals surface area contributed by atoms with Crippen molar-refractivity contribution in [2.24, 2.45) is 5.92 Å². The summed E-state index contributed by atoms with van der Waals surface area (Å²) >= 11 is 0. The Morgan fingerprint density at radius 3 is 2.81 bits per heavy atom. The van der Waals surface area contributed by atoms with Crippen LogP contribution in [0.1, 0.15) is 49.3 Å². The molecule has 2 aromatic heterocycles. The Balaban J connectivity index is 1.29. The van der Waals surface area contributed by atoms with Crippen LogP contribution in [0.5, 0.6) is 0 Å². The number of nitrogens with one attached hydrogen (secondary N) is 1. The van der Waals surface area contributed by atoms with Crippen LogP contribution in [-0.2, 0) is 24.2 Å². The van der Waals surface area contributed by atoms with Crippen molar-refractivity contribution < 1.29 is 4.79 Å². The molecule has 0 saturated heterocycles. The highest BCUT2D eigenvalue weighted by molar-refractivity contribution is 5.78. The third-order valence-corrected chi connectivity index (χ3v) is 5.95. The number of pyridine rings is 1. The second-order valence-corrected chi connectivity index (χ2v) is 7.88. The summed E-state index contributed by atoms with van der Waals surface area (Å²) in [5.41, 5.74) is 2.06. The highest BCUT2D eigenvalue weighted by Crippen LogP contribution is 2.31. The van der Waals surface area contributed by atoms with Crippen LogP contribution in [0.25, 0.3) is 0 Å². The maximum atomic E-state index is 12.3. The summed E-state index contributed by atoms with van der Waals surface area (Å²) in [7, 11) is 0. The second kappa shape index (κ2) is 8.21. The molecule has 3 heterocycles. The Bertz CT molecular complexity index is 768. The summed E-state index contributed by atoms with van der Waals surface area (Å²) in [6, 6.07) is 4.29. The van der Waals surface area contributed by atoms with E-state index in [1.807, 2.05) is 12.1 Å². The summed E-state index contributed by atoms with van der Waals surface area (Å²) in [5.74, 6) is 2.03. The number of amides is 1. The Morgan fingerprint density at radius 1 is 1.26 bits per heavy atom. The molecule has 2 aromatic rings. The van der Waals surface area contributed by atoms with E-state index in [-0.39, 0.29) is 5.91 Å². The Hall–Kier alpha value is -2.21. The first-order valence-corrected chi connectivity index (χ1v) is 10.1. The van der Waals surface area contributed by atoms with Gasteiger partial charge in [0.05, 0.1) is 18.2 Å². The number of hydrogen-bond donors (Lipinski definition) is 1. The van der Waals surface area contributed by atoms with Gasteiger partial charge in [0.2, 0.25) is 5.91 Å². The minimum atomic E-state index is 0.0403. The number of nitrogens with zero attached hydrogens (tertiary/aromatic N) is 4. The molecule has 2 aliphatic rings. The number of fused-ring (bicyclic) bond motifs is 1. The van der Waals surface area contributed by atoms with Crippen molar-refractivity contribution in [2.75, 3.05) is 19.6 Å². The molecule has 1 unspecified atom stereocenters. The fourth-order valence-corrected chi connectivity index (χ4v) is 4.06. The molecule has 1 aliphatic carbocycles. The van der Waals surface area contributed by atoms with E-state index in [4.69, 9.17) is 4.98 Å². The van der Waals surface area contributed by atoms with E-state index in [0.717, 1.165) is 36.9 Å². The highest BCUT2D eigenvalue weighted by atomic mass is 16.1. The van der Waals surface area contributed by atoms with Crippen molar-refractivity contribution in [1.82, 2.24) is 24.8 Å². The molecule has 4 rings (SSSR count). The molecule has 0 spiro atoms. The maximum Gasteiger partial charge on any atom is 0.226 e. The topological polar surface area (TPSA) is 63.1 Å². The van der Waals surface area contributed by atoms with Crippen molar-refractivity contribution in [3.8, 4) is 0 Å². The van der Waals surface area contributed by atoms with Gasteiger partial charge in [0.1, 0.15) is 5.82 Å². The highest BCUT2D eigenvalue weighted by Gasteiger charge is 2.29. The Labute approximate surface area is 161 Å². The van der Waals surface area contributed by atoms with E-state index >= 15 is 0 Å². The predicted octanol–water partition coefficient (Wildman–Crippen LogP) is 2.36. The van der Waals surface area contributed by atoms with Gasteiger partial charge in [0.15, 0.2) is 0 Å². The molecule has 1 amide bonds. The monoisotopic (exact) mass is 367 g/mol. The van der Waals surface area contributed by atoms with Gasteiger partial charge in [-0.1, -0.05) is 6.42 Å². The van der Waals surface area contributed by atoms with Crippen molar-refractivity contribution in [1.29, 1.82) is 0 Å². The molecular formula is C21H29N5O. The zero-order valence-electron chi connectivity index (χ0n) is 16.1. The molecular weight excluding hydrogens is 338 g/mol. The number of imidazole rings is 1. The summed E-state index contributed by atoms with van der Waals surface area (Å²) in [5, 5.41) is 3.00. The van der Waals surface area contributed by atoms with E-state index in [2.05, 4.69) is 32.9 Å². The van der Waals surface area contributed by atoms with Gasteiger partial charge in [-0.2, -0.15) is 0 Å². The first kappa shape index (κ1) is 18.2. The lowest BCUT2D eigenvalue weighted by atomic mass is 9.84. The molecule has 1 N–H and O–H groups in total. The Morgan fingerprint density at radius 2 is 2.07 bits per heavy atom. The lowest BCUT2D eigenvalue weighted by Gasteiger charge is -2.38. The first-order valence-electron chi connectivity index (χ1n) is 10.1. The molecule has 144 valence electrons. The minimum Gasteiger partial charge on any atom is -0.355 e. The van der Waals surface area contributed by atoms with Gasteiger partial charge < -0.3 is 9.88 Å². The molecule has 1 aliphatic heterocycles. The van der Waals surface area contributed by atoms with Gasteiger partial charge in [-0.3, -0.25) is 14.7 Å². The molecule has 6 heteroatoms. The molecule has 0 bridgehead atoms. The third-order valence-electron chi connectivity index (χ3n) is 5.95. The van der Waals surface area contributed by atoms with Crippen LogP contribution in [-0.4, -0.2) is 45.0 Å². The number of hydrogen-bond acceptors (Lipinski definition) is 4. The maximum absolute atomic E-state index is 12.3. The van der Waals surface area contributed by atoms with E-state index in [1.54, 1.807) is 12.4 Å². The van der Waals surface area contributed by atoms with Gasteiger partial charge >= 0.3 is 0 Å². The summed E-state index contributed by atoms with van der Waals surface area (Å²) in [6.07, 6.45) is 10.9. The molecule has 1 saturated carbocycles. The SMILES string of the molecule is CC1c2nc(CC(=O)NCCc3ccncc3)cn2CCN1CC1CCC1. The molecule has 1 fully saturated rings. The van der Waals surface area contributed by atoms with Crippen molar-refractivity contribution in [3.05, 3.63) is 47.8 Å². The smallest absolute Gasteiger partial charge is 0.226 e. The van der Waals surface area contributed by atoms with Gasteiger partial charge in [0, 0.05) is 44.8 Å². The van der Waals surface area contributed by atoms with Crippen molar-refractivity contribution in [2.45, 2.75) is 51.6 Å². The predicted molar refractivity (Wildman–Crippen MR) is 104 cm³/mol. The molecule has 6 nitrogen and oxygen atoms in total. The quantitative estimate of drug-likeness (QED) is 0.816. The second-order valence-electron chi connectivity index (χ2n) is 7.88. The third kappa shape index (κ3) is 4.38. The van der Waals surface area contributed by atoms with Crippen LogP contribution in [0, 0.1) is 5.92 Å². The van der Waals surface area contributed by atoms with E-state index in [9.17, 15) is 4.79 Å². The van der Waals surface area contributed by atoms with Crippen molar-refractivity contribution >= 4 is 5.91 Å². The largest absolute Gasteiger partial charge is 0.355 e. The van der Waals surface area contributed by atoms with Crippen LogP contribution in [0.2, 0.25) is 0 Å². The number of carbonyl (C=O) groups excluding carboxylic acids is 1. The molecule has 27 heavy (non-hydrogen) atoms. The average Bonchev–Trinajstić information content (AvgIpc) is 3.04. The summed E-state index contributed by atoms with van der Waals surface area (Å²) in [6.45, 7) is 6.14. The van der Waals surface area contributed by atoms with E-state index in [1.165, 1.54) is 31.4 Å². The zero-order chi connectivity index (χ0) is 18.6. The summed E-state index contributed by atoms with van der Waals surface area (Å²) < 4.78 is 2.24. The number of rotatable bonds is 7. The number of carbonyl (C=O) groups is 1. The van der Waals surface area contributed by atoms with Gasteiger partial charge in [-0.05, 0) is 49.8 Å². The standard InChI is InChI=1S/C21H29N5O/c1-16-21-24-19(13-20(27)23-10-7-17-5-8-22-9-6-17)15-26(21)12-11-25(16)14-18-3-2-4-18/h5-6,8-9,15-16,18H,2-4,7,10-14H2,1H3,(H,23,27). The molecule has 1 atom stereocenters. The zero-order valence-corrected chi connectivity index (χ0v) is 16.1. The number of aromatic nitrogens is 3. The normalized spacial score (nSPS) is 20.1. The van der Waals surface area contributed by atoms with E-state index in [0.29, 0.717) is 19.0 Å². The van der Waals surface area contributed by atoms with Crippen molar-refractivity contribution in [3.63, 3.8) is 0 Å². The van der Waals surface area contributed by atoms with Gasteiger partial charge in [-0.25, -0.2) is 4.98 Å². The van der Waals surface area contributed by atoms with E-state index < -0.39 is 0 Å². The first-order chi connectivity index (χ1) is 13.2. The van der Waals surface area contributed by atoms with Crippen LogP contribution in [0.3, 0.4) is 0 Å². The van der Waals surface area contributed by atoms with Crippen LogP contribution in [0.15, 0.2) is 30.7 Å². The Kier molecular flexibility index (Phi) is 5.53. The molecule has 0 radical (unpaired) electrons. The fourth-order valence-electron chi connectivity index (χ4n) is 4.06. The average molecular weight is 367 g/mol. The minimum absolute atomic E-state index is 0.0403. The summed E-state index contributed by atoms with van der Waals surface area (Å²) in [4.78, 5) is 23.6. The van der Waals surface area contributed by atoms with Crippen LogP contribution >= 0.6 is 0 Å². The lowest BCUT2D eigenvalue weighted by molar-refractivity contribution is -0.120. The lowest BCUT2D eigenvalue weighted by Crippen LogP contribution is -2.41. The molecule has 0 aromatic carbocycles. The fraction of sp³-hybridized carbons (Fsp3) is 0.571. The van der Waals surface area contributed by atoms with Crippen LogP contribution < -0.4 is 5.32 Å². The van der Waals surface area contributed by atoms with Gasteiger partial charge in [0.25, 0.3) is 0 Å². The van der Waals surface area contributed by atoms with Gasteiger partial charge in [-0.15, -0.1) is 0 Å². The van der Waals surface area contributed by atoms with Crippen LogP contribution in [0.4, 0.5) is 0 Å².